The average Bonchev–Trinajstić information content (AvgIpc) is 3.10. The first-order chi connectivity index (χ1) is 15.0. The maximum atomic E-state index is 12.9. The van der Waals surface area contributed by atoms with Gasteiger partial charge in [-0.2, -0.15) is 10.1 Å². The van der Waals surface area contributed by atoms with E-state index in [-0.39, 0.29) is 36.0 Å². The van der Waals surface area contributed by atoms with Crippen LogP contribution in [0.2, 0.25) is 0 Å². The maximum absolute atomic E-state index is 12.9. The van der Waals surface area contributed by atoms with Crippen LogP contribution in [0.4, 0.5) is 5.69 Å². The van der Waals surface area contributed by atoms with E-state index in [1.165, 1.54) is 16.8 Å². The van der Waals surface area contributed by atoms with Crippen molar-refractivity contribution in [2.24, 2.45) is 5.10 Å². The Morgan fingerprint density at radius 1 is 1.28 bits per heavy atom. The molecule has 9 nitrogen and oxygen atoms in total. The lowest BCUT2D eigenvalue weighted by Crippen LogP contribution is -2.47. The highest BCUT2D eigenvalue weighted by Crippen LogP contribution is 2.26. The molecule has 1 fully saturated rings. The van der Waals surface area contributed by atoms with Crippen LogP contribution in [-0.2, 0) is 29.0 Å². The first-order valence-electron chi connectivity index (χ1n) is 10.7. The monoisotopic (exact) mass is 463 g/mol. The van der Waals surface area contributed by atoms with Crippen LogP contribution in [0.5, 0.6) is 0 Å². The summed E-state index contributed by atoms with van der Waals surface area (Å²) in [6.07, 6.45) is -0.495. The Balaban J connectivity index is 1.73. The van der Waals surface area contributed by atoms with E-state index in [0.29, 0.717) is 18.7 Å². The van der Waals surface area contributed by atoms with Crippen molar-refractivity contribution in [3.63, 3.8) is 0 Å². The van der Waals surface area contributed by atoms with E-state index in [2.05, 4.69) is 5.10 Å². The molecule has 2 heterocycles. The molecule has 174 valence electrons. The van der Waals surface area contributed by atoms with Gasteiger partial charge < -0.3 is 9.64 Å². The molecule has 3 rings (SSSR count). The van der Waals surface area contributed by atoms with E-state index in [1.54, 1.807) is 6.92 Å². The smallest absolute Gasteiger partial charge is 0.355 e. The van der Waals surface area contributed by atoms with Gasteiger partial charge in [0.05, 0.1) is 17.2 Å². The summed E-state index contributed by atoms with van der Waals surface area (Å²) in [5, 5.41) is 5.45. The van der Waals surface area contributed by atoms with Gasteiger partial charge in [0.15, 0.2) is 15.9 Å². The number of amides is 2. The molecule has 0 aromatic heterocycles. The molecule has 0 spiro atoms. The highest BCUT2D eigenvalue weighted by molar-refractivity contribution is 7.91. The van der Waals surface area contributed by atoms with Crippen LogP contribution in [0.25, 0.3) is 0 Å². The fourth-order valence-electron chi connectivity index (χ4n) is 3.96. The van der Waals surface area contributed by atoms with Gasteiger partial charge in [-0.15, -0.1) is 0 Å². The van der Waals surface area contributed by atoms with Gasteiger partial charge in [0.2, 0.25) is 5.91 Å². The van der Waals surface area contributed by atoms with Crippen molar-refractivity contribution in [3.05, 3.63) is 29.3 Å². The number of hydrogen-bond acceptors (Lipinski definition) is 7. The minimum atomic E-state index is -3.15. The average molecular weight is 464 g/mol. The number of likely N-dealkylation sites (N-methyl/N-ethyl adjacent to an activating group) is 1. The molecule has 2 aliphatic rings. The van der Waals surface area contributed by atoms with Gasteiger partial charge in [-0.3, -0.25) is 9.59 Å². The molecule has 0 saturated carbocycles. The number of hydrazone groups is 1. The molecular weight excluding hydrogens is 434 g/mol. The number of nitrogens with zero attached hydrogens (tertiary/aromatic N) is 3. The van der Waals surface area contributed by atoms with E-state index in [0.717, 1.165) is 11.1 Å². The Labute approximate surface area is 188 Å². The minimum absolute atomic E-state index is 0.0503. The van der Waals surface area contributed by atoms with Gasteiger partial charge in [0, 0.05) is 25.4 Å². The third-order valence-corrected chi connectivity index (χ3v) is 7.52. The van der Waals surface area contributed by atoms with Crippen LogP contribution in [0.1, 0.15) is 44.2 Å². The number of carbonyl (C=O) groups is 3. The first-order valence-corrected chi connectivity index (χ1v) is 12.5. The van der Waals surface area contributed by atoms with Crippen molar-refractivity contribution in [1.82, 2.24) is 4.90 Å². The Bertz CT molecular complexity index is 1070. The second-order valence-corrected chi connectivity index (χ2v) is 10.5. The zero-order chi connectivity index (χ0) is 23.6. The van der Waals surface area contributed by atoms with Crippen LogP contribution in [0.15, 0.2) is 23.3 Å². The lowest BCUT2D eigenvalue weighted by atomic mass is 10.1. The molecule has 10 heteroatoms. The van der Waals surface area contributed by atoms with E-state index in [4.69, 9.17) is 4.74 Å². The highest BCUT2D eigenvalue weighted by atomic mass is 32.2. The van der Waals surface area contributed by atoms with Gasteiger partial charge in [-0.05, 0) is 51.3 Å². The quantitative estimate of drug-likeness (QED) is 0.594. The van der Waals surface area contributed by atoms with Crippen molar-refractivity contribution >= 4 is 39.0 Å². The minimum Gasteiger partial charge on any atom is -0.448 e. The van der Waals surface area contributed by atoms with Gasteiger partial charge in [-0.1, -0.05) is 12.1 Å². The number of sulfone groups is 1. The highest BCUT2D eigenvalue weighted by Gasteiger charge is 2.37. The zero-order valence-corrected chi connectivity index (χ0v) is 19.6. The predicted octanol–water partition coefficient (Wildman–Crippen LogP) is 1.75. The molecule has 1 aromatic carbocycles. The first kappa shape index (κ1) is 23.9. The normalized spacial score (nSPS) is 21.1. The topological polar surface area (TPSA) is 113 Å². The van der Waals surface area contributed by atoms with Crippen LogP contribution < -0.4 is 5.01 Å². The standard InChI is InChI=1S/C22H29N3O6S/c1-5-24(17-10-11-32(29,30)13-17)21(27)16(4)31-22(28)18-8-9-20(26)25(23-18)19-12-14(2)6-7-15(19)3/h6-7,12,16-17H,5,8-11,13H2,1-4H3/t16-,17-/m0/s1. The number of ether oxygens (including phenoxy) is 1. The second-order valence-electron chi connectivity index (χ2n) is 8.27. The van der Waals surface area contributed by atoms with Gasteiger partial charge in [0.1, 0.15) is 5.71 Å². The van der Waals surface area contributed by atoms with E-state index in [9.17, 15) is 22.8 Å². The number of anilines is 1. The summed E-state index contributed by atoms with van der Waals surface area (Å²) in [6, 6.07) is 5.21. The van der Waals surface area contributed by atoms with Crippen molar-refractivity contribution in [3.8, 4) is 0 Å². The molecule has 0 bridgehead atoms. The lowest BCUT2D eigenvalue weighted by Gasteiger charge is -2.29. The van der Waals surface area contributed by atoms with Gasteiger partial charge >= 0.3 is 5.97 Å². The van der Waals surface area contributed by atoms with Gasteiger partial charge in [-0.25, -0.2) is 13.2 Å². The fourth-order valence-corrected chi connectivity index (χ4v) is 5.69. The molecule has 32 heavy (non-hydrogen) atoms. The summed E-state index contributed by atoms with van der Waals surface area (Å²) >= 11 is 0. The maximum Gasteiger partial charge on any atom is 0.355 e. The Hall–Kier alpha value is -2.75. The molecule has 2 atom stereocenters. The van der Waals surface area contributed by atoms with E-state index in [1.807, 2.05) is 32.0 Å². The van der Waals surface area contributed by atoms with E-state index < -0.39 is 33.9 Å². The van der Waals surface area contributed by atoms with Crippen molar-refractivity contribution in [2.75, 3.05) is 23.1 Å². The van der Waals surface area contributed by atoms with Crippen LogP contribution in [0.3, 0.4) is 0 Å². The number of rotatable bonds is 6. The molecular formula is C22H29N3O6S. The molecule has 0 N–H and O–H groups in total. The number of carbonyl (C=O) groups excluding carboxylic acids is 3. The zero-order valence-electron chi connectivity index (χ0n) is 18.8. The lowest BCUT2D eigenvalue weighted by molar-refractivity contribution is -0.155. The van der Waals surface area contributed by atoms with E-state index >= 15 is 0 Å². The Morgan fingerprint density at radius 2 is 2.00 bits per heavy atom. The number of benzene rings is 1. The van der Waals surface area contributed by atoms with Crippen molar-refractivity contribution in [1.29, 1.82) is 0 Å². The van der Waals surface area contributed by atoms with Crippen molar-refractivity contribution < 1.29 is 27.5 Å². The summed E-state index contributed by atoms with van der Waals surface area (Å²) in [5.41, 5.74) is 2.47. The second kappa shape index (κ2) is 9.40. The number of aryl methyl sites for hydroxylation is 2. The largest absolute Gasteiger partial charge is 0.448 e. The predicted molar refractivity (Wildman–Crippen MR) is 120 cm³/mol. The molecule has 2 amide bonds. The molecule has 2 aliphatic heterocycles. The fraction of sp³-hybridized carbons (Fsp3) is 0.545. The summed E-state index contributed by atoms with van der Waals surface area (Å²) < 4.78 is 28.9. The Morgan fingerprint density at radius 3 is 2.62 bits per heavy atom. The molecule has 1 saturated heterocycles. The molecule has 1 aromatic rings. The SMILES string of the molecule is CCN(C(=O)[C@H](C)OC(=O)C1=NN(c2cc(C)ccc2C)C(=O)CC1)[C@H]1CCS(=O)(=O)C1. The summed E-state index contributed by atoms with van der Waals surface area (Å²) in [7, 11) is -3.15. The number of esters is 1. The molecule has 0 unspecified atom stereocenters. The summed E-state index contributed by atoms with van der Waals surface area (Å²) in [5.74, 6) is -1.45. The van der Waals surface area contributed by atoms with Crippen LogP contribution in [0, 0.1) is 13.8 Å². The summed E-state index contributed by atoms with van der Waals surface area (Å²) in [6.45, 7) is 7.29. The summed E-state index contributed by atoms with van der Waals surface area (Å²) in [4.78, 5) is 39.5. The van der Waals surface area contributed by atoms with Crippen LogP contribution in [-0.4, -0.2) is 67.0 Å². The van der Waals surface area contributed by atoms with Crippen molar-refractivity contribution in [2.45, 2.75) is 59.1 Å². The molecule has 0 aliphatic carbocycles. The third kappa shape index (κ3) is 5.17. The molecule has 0 radical (unpaired) electrons. The Kier molecular flexibility index (Phi) is 7.02. The van der Waals surface area contributed by atoms with Crippen LogP contribution >= 0.6 is 0 Å². The van der Waals surface area contributed by atoms with Gasteiger partial charge in [0.25, 0.3) is 5.91 Å². The number of hydrogen-bond donors (Lipinski definition) is 0. The third-order valence-electron chi connectivity index (χ3n) is 5.77.